The minimum Gasteiger partial charge on any atom is -0.465 e. The van der Waals surface area contributed by atoms with Crippen LogP contribution in [0.3, 0.4) is 0 Å². The van der Waals surface area contributed by atoms with Crippen LogP contribution < -0.4 is 10.6 Å². The molecule has 0 saturated heterocycles. The van der Waals surface area contributed by atoms with Crippen molar-refractivity contribution in [1.82, 2.24) is 10.6 Å². The van der Waals surface area contributed by atoms with Crippen LogP contribution >= 0.6 is 0 Å². The molecule has 1 aromatic rings. The molecule has 5 nitrogen and oxygen atoms in total. The van der Waals surface area contributed by atoms with E-state index in [1.165, 1.54) is 12.3 Å². The van der Waals surface area contributed by atoms with E-state index < -0.39 is 0 Å². The summed E-state index contributed by atoms with van der Waals surface area (Å²) >= 11 is 0. The van der Waals surface area contributed by atoms with Crippen molar-refractivity contribution < 1.29 is 14.0 Å². The SMILES string of the molecule is CNC(=O)CCNC(=O)/C=C/c1ccco1. The van der Waals surface area contributed by atoms with Crippen molar-refractivity contribution in [2.45, 2.75) is 6.42 Å². The monoisotopic (exact) mass is 222 g/mol. The van der Waals surface area contributed by atoms with Crippen molar-refractivity contribution in [1.29, 1.82) is 0 Å². The molecular formula is C11H14N2O3. The van der Waals surface area contributed by atoms with Crippen LogP contribution in [0.2, 0.25) is 0 Å². The molecule has 0 aliphatic carbocycles. The van der Waals surface area contributed by atoms with E-state index >= 15 is 0 Å². The van der Waals surface area contributed by atoms with E-state index in [0.717, 1.165) is 0 Å². The highest BCUT2D eigenvalue weighted by Gasteiger charge is 1.99. The Morgan fingerprint density at radius 3 is 2.94 bits per heavy atom. The Hall–Kier alpha value is -2.04. The van der Waals surface area contributed by atoms with Crippen LogP contribution in [0.5, 0.6) is 0 Å². The first-order valence-electron chi connectivity index (χ1n) is 4.92. The predicted octanol–water partition coefficient (Wildman–Crippen LogP) is 0.545. The molecule has 1 heterocycles. The Morgan fingerprint density at radius 2 is 2.31 bits per heavy atom. The molecule has 0 atom stereocenters. The Bertz CT molecular complexity index is 369. The summed E-state index contributed by atoms with van der Waals surface area (Å²) in [4.78, 5) is 22.1. The highest BCUT2D eigenvalue weighted by Crippen LogP contribution is 2.01. The molecule has 0 unspecified atom stereocenters. The molecule has 2 N–H and O–H groups in total. The standard InChI is InChI=1S/C11H14N2O3/c1-12-10(14)6-7-13-11(15)5-4-9-3-2-8-16-9/h2-5,8H,6-7H2,1H3,(H,12,14)(H,13,15)/b5-4+. The van der Waals surface area contributed by atoms with Crippen LogP contribution in [0, 0.1) is 0 Å². The van der Waals surface area contributed by atoms with Crippen molar-refractivity contribution >= 4 is 17.9 Å². The lowest BCUT2D eigenvalue weighted by atomic mass is 10.3. The van der Waals surface area contributed by atoms with E-state index in [1.54, 1.807) is 25.3 Å². The molecule has 1 aromatic heterocycles. The van der Waals surface area contributed by atoms with Crippen molar-refractivity contribution in [3.05, 3.63) is 30.2 Å². The van der Waals surface area contributed by atoms with Crippen LogP contribution in [0.1, 0.15) is 12.2 Å². The predicted molar refractivity (Wildman–Crippen MR) is 59.4 cm³/mol. The molecular weight excluding hydrogens is 208 g/mol. The third-order valence-electron chi connectivity index (χ3n) is 1.87. The molecule has 1 rings (SSSR count). The summed E-state index contributed by atoms with van der Waals surface area (Å²) in [5.74, 6) is 0.261. The first-order chi connectivity index (χ1) is 7.72. The number of hydrogen-bond donors (Lipinski definition) is 2. The molecule has 0 aliphatic rings. The van der Waals surface area contributed by atoms with Gasteiger partial charge in [-0.05, 0) is 18.2 Å². The van der Waals surface area contributed by atoms with Gasteiger partial charge in [-0.25, -0.2) is 0 Å². The van der Waals surface area contributed by atoms with Gasteiger partial charge in [0.05, 0.1) is 6.26 Å². The number of carbonyl (C=O) groups excluding carboxylic acids is 2. The summed E-state index contributed by atoms with van der Waals surface area (Å²) in [6.07, 6.45) is 4.73. The van der Waals surface area contributed by atoms with Gasteiger partial charge in [0.15, 0.2) is 0 Å². The fourth-order valence-electron chi connectivity index (χ4n) is 1.03. The van der Waals surface area contributed by atoms with Gasteiger partial charge in [-0.3, -0.25) is 9.59 Å². The molecule has 16 heavy (non-hydrogen) atoms. The van der Waals surface area contributed by atoms with E-state index in [1.807, 2.05) is 0 Å². The molecule has 2 amide bonds. The summed E-state index contributed by atoms with van der Waals surface area (Å²) in [6, 6.07) is 3.48. The molecule has 86 valence electrons. The smallest absolute Gasteiger partial charge is 0.244 e. The third kappa shape index (κ3) is 4.45. The fourth-order valence-corrected chi connectivity index (χ4v) is 1.03. The highest BCUT2D eigenvalue weighted by atomic mass is 16.3. The number of furan rings is 1. The molecule has 0 radical (unpaired) electrons. The van der Waals surface area contributed by atoms with Gasteiger partial charge in [0, 0.05) is 26.1 Å². The molecule has 5 heteroatoms. The zero-order valence-electron chi connectivity index (χ0n) is 9.03. The summed E-state index contributed by atoms with van der Waals surface area (Å²) in [6.45, 7) is 0.320. The van der Waals surface area contributed by atoms with E-state index in [0.29, 0.717) is 12.3 Å². The van der Waals surface area contributed by atoms with Gasteiger partial charge < -0.3 is 15.1 Å². The second-order valence-corrected chi connectivity index (χ2v) is 3.06. The average molecular weight is 222 g/mol. The Labute approximate surface area is 93.5 Å². The molecule has 0 aromatic carbocycles. The number of carbonyl (C=O) groups is 2. The summed E-state index contributed by atoms with van der Waals surface area (Å²) < 4.78 is 5.01. The van der Waals surface area contributed by atoms with Crippen LogP contribution in [-0.4, -0.2) is 25.4 Å². The molecule has 0 spiro atoms. The highest BCUT2D eigenvalue weighted by molar-refractivity contribution is 5.91. The van der Waals surface area contributed by atoms with Crippen molar-refractivity contribution in [3.8, 4) is 0 Å². The lowest BCUT2D eigenvalue weighted by Crippen LogP contribution is -2.27. The van der Waals surface area contributed by atoms with Crippen LogP contribution in [0.15, 0.2) is 28.9 Å². The number of hydrogen-bond acceptors (Lipinski definition) is 3. The van der Waals surface area contributed by atoms with Gasteiger partial charge in [-0.1, -0.05) is 0 Å². The van der Waals surface area contributed by atoms with Crippen LogP contribution in [0.4, 0.5) is 0 Å². The molecule has 0 saturated carbocycles. The summed E-state index contributed by atoms with van der Waals surface area (Å²) in [5, 5.41) is 5.05. The first kappa shape index (κ1) is 12.0. The second kappa shape index (κ2) is 6.44. The Balaban J connectivity index is 2.23. The van der Waals surface area contributed by atoms with Crippen molar-refractivity contribution in [2.24, 2.45) is 0 Å². The zero-order chi connectivity index (χ0) is 11.8. The molecule has 0 bridgehead atoms. The van der Waals surface area contributed by atoms with E-state index in [4.69, 9.17) is 4.42 Å². The number of amides is 2. The lowest BCUT2D eigenvalue weighted by Gasteiger charge is -2.00. The van der Waals surface area contributed by atoms with E-state index in [9.17, 15) is 9.59 Å². The van der Waals surface area contributed by atoms with Gasteiger partial charge in [-0.15, -0.1) is 0 Å². The van der Waals surface area contributed by atoms with Gasteiger partial charge >= 0.3 is 0 Å². The molecule has 0 fully saturated rings. The van der Waals surface area contributed by atoms with Crippen molar-refractivity contribution in [2.75, 3.05) is 13.6 Å². The van der Waals surface area contributed by atoms with Gasteiger partial charge in [-0.2, -0.15) is 0 Å². The third-order valence-corrected chi connectivity index (χ3v) is 1.87. The van der Waals surface area contributed by atoms with Crippen LogP contribution in [-0.2, 0) is 9.59 Å². The first-order valence-corrected chi connectivity index (χ1v) is 4.92. The van der Waals surface area contributed by atoms with E-state index in [-0.39, 0.29) is 18.2 Å². The summed E-state index contributed by atoms with van der Waals surface area (Å²) in [5.41, 5.74) is 0. The summed E-state index contributed by atoms with van der Waals surface area (Å²) in [7, 11) is 1.56. The normalized spacial score (nSPS) is 10.3. The minimum absolute atomic E-state index is 0.102. The Kier molecular flexibility index (Phi) is 4.85. The second-order valence-electron chi connectivity index (χ2n) is 3.06. The quantitative estimate of drug-likeness (QED) is 0.714. The number of nitrogens with one attached hydrogen (secondary N) is 2. The van der Waals surface area contributed by atoms with E-state index in [2.05, 4.69) is 10.6 Å². The topological polar surface area (TPSA) is 71.3 Å². The van der Waals surface area contributed by atoms with Gasteiger partial charge in [0.1, 0.15) is 5.76 Å². The van der Waals surface area contributed by atoms with Crippen LogP contribution in [0.25, 0.3) is 6.08 Å². The lowest BCUT2D eigenvalue weighted by molar-refractivity contribution is -0.120. The zero-order valence-corrected chi connectivity index (χ0v) is 9.03. The van der Waals surface area contributed by atoms with Crippen molar-refractivity contribution in [3.63, 3.8) is 0 Å². The fraction of sp³-hybridized carbons (Fsp3) is 0.273. The molecule has 0 aliphatic heterocycles. The van der Waals surface area contributed by atoms with Gasteiger partial charge in [0.25, 0.3) is 0 Å². The minimum atomic E-state index is -0.250. The maximum atomic E-state index is 11.2. The average Bonchev–Trinajstić information content (AvgIpc) is 2.79. The Morgan fingerprint density at radius 1 is 1.50 bits per heavy atom. The maximum absolute atomic E-state index is 11.2. The number of rotatable bonds is 5. The van der Waals surface area contributed by atoms with Gasteiger partial charge in [0.2, 0.25) is 11.8 Å². The maximum Gasteiger partial charge on any atom is 0.244 e. The largest absolute Gasteiger partial charge is 0.465 e.